The number of halogens is 3. The van der Waals surface area contributed by atoms with E-state index in [-0.39, 0.29) is 33.7 Å². The fourth-order valence-corrected chi connectivity index (χ4v) is 18.9. The van der Waals surface area contributed by atoms with Gasteiger partial charge in [-0.2, -0.15) is 15.3 Å². The molecule has 12 aromatic rings. The number of nitrogens with zero attached hydrogens (tertiary/aromatic N) is 12. The van der Waals surface area contributed by atoms with Crippen LogP contribution in [0.25, 0.3) is 50.2 Å². The molecule has 0 radical (unpaired) electrons. The molecule has 0 saturated heterocycles. The summed E-state index contributed by atoms with van der Waals surface area (Å²) in [7, 11) is 0. The number of aryl methyl sites for hydroxylation is 3. The van der Waals surface area contributed by atoms with Crippen LogP contribution < -0.4 is 0 Å². The summed E-state index contributed by atoms with van der Waals surface area (Å²) < 4.78 is 45.8. The van der Waals surface area contributed by atoms with Gasteiger partial charge in [0, 0.05) is 85.2 Å². The topological polar surface area (TPSA) is 191 Å². The summed E-state index contributed by atoms with van der Waals surface area (Å²) in [4.78, 5) is 29.6. The molecule has 6 aliphatic rings. The maximum atomic E-state index is 13.5. The summed E-state index contributed by atoms with van der Waals surface area (Å²) in [5, 5.41) is 49.7. The van der Waals surface area contributed by atoms with E-state index in [0.717, 1.165) is 219 Å². The highest BCUT2D eigenvalue weighted by molar-refractivity contribution is 5.80. The third-order valence-corrected chi connectivity index (χ3v) is 24.0. The Morgan fingerprint density at radius 1 is 0.382 bits per heavy atom. The van der Waals surface area contributed by atoms with Crippen molar-refractivity contribution in [2.24, 2.45) is 17.8 Å². The van der Waals surface area contributed by atoms with Gasteiger partial charge in [-0.3, -0.25) is 15.0 Å². The molecule has 0 unspecified atom stereocenters. The lowest BCUT2D eigenvalue weighted by atomic mass is 9.57. The largest absolute Gasteiger partial charge is 0.390 e. The minimum absolute atomic E-state index is 0.110. The first kappa shape index (κ1) is 67.1. The van der Waals surface area contributed by atoms with Crippen LogP contribution in [0.3, 0.4) is 0 Å². The van der Waals surface area contributed by atoms with Crippen molar-refractivity contribution in [3.63, 3.8) is 0 Å². The Morgan fingerprint density at radius 3 is 0.931 bits per heavy atom. The van der Waals surface area contributed by atoms with Gasteiger partial charge in [-0.05, 0) is 317 Å². The van der Waals surface area contributed by atoms with Crippen molar-refractivity contribution in [3.05, 3.63) is 251 Å². The molecular formula is C84H87F3N12O3. The molecule has 102 heavy (non-hydrogen) atoms. The third kappa shape index (κ3) is 13.0. The van der Waals surface area contributed by atoms with Crippen molar-refractivity contribution in [3.8, 4) is 17.1 Å². The molecule has 9 aromatic heterocycles. The Bertz CT molecular complexity index is 4490. The van der Waals surface area contributed by atoms with Crippen LogP contribution in [0, 0.1) is 35.2 Å². The first-order chi connectivity index (χ1) is 49.3. The predicted octanol–water partition coefficient (Wildman–Crippen LogP) is 16.0. The van der Waals surface area contributed by atoms with Gasteiger partial charge >= 0.3 is 0 Å². The summed E-state index contributed by atoms with van der Waals surface area (Å²) >= 11 is 0. The molecule has 3 N–H and O–H groups in total. The van der Waals surface area contributed by atoms with Crippen LogP contribution in [0.4, 0.5) is 13.2 Å². The summed E-state index contributed by atoms with van der Waals surface area (Å²) in [6.45, 7) is 5.95. The fourth-order valence-electron chi connectivity index (χ4n) is 18.9. The van der Waals surface area contributed by atoms with Crippen molar-refractivity contribution >= 4 is 33.1 Å². The van der Waals surface area contributed by atoms with Crippen molar-refractivity contribution in [1.82, 2.24) is 59.2 Å². The highest BCUT2D eigenvalue weighted by Gasteiger charge is 2.53. The molecule has 0 spiro atoms. The van der Waals surface area contributed by atoms with Crippen molar-refractivity contribution in [2.45, 2.75) is 189 Å². The van der Waals surface area contributed by atoms with E-state index in [2.05, 4.69) is 84.8 Å². The number of aliphatic hydroxyl groups is 3. The number of rotatable bonds is 9. The quantitative estimate of drug-likeness (QED) is 0.124. The second-order valence-electron chi connectivity index (χ2n) is 31.1. The molecular weight excluding hydrogens is 1280 g/mol. The number of pyridine rings is 6. The molecule has 9 heterocycles. The lowest BCUT2D eigenvalue weighted by molar-refractivity contribution is -0.0335. The molecule has 18 heteroatoms. The molecule has 0 aliphatic heterocycles. The molecule has 9 atom stereocenters. The lowest BCUT2D eigenvalue weighted by Crippen LogP contribution is -2.48. The Hall–Kier alpha value is -9.36. The normalized spacial score (nSPS) is 26.6. The molecule has 3 fully saturated rings. The van der Waals surface area contributed by atoms with Crippen LogP contribution in [0.1, 0.15) is 168 Å². The SMILES string of the molecule is C[C@@]1(O)CC[C@@]2(Cc3ccccn3)c3cc4cnn(-c5ccc(F)cc5)c4nc3CCC[C@H]2C1.C[C@@]1(O)CC[C@@]2(Cc3ccccn3)c3cc4cnn(-c5ccc(F)cc5)c4nc3CCC[C@H]2C1.C[C@]1(O)CC[C@]2(Cc3ccccn3)c3cc4cnn(-c5ccc(F)cc5)c4nc3CCC[C@@H]2C1. The number of fused-ring (bicyclic) bond motifs is 12. The van der Waals surface area contributed by atoms with Gasteiger partial charge in [0.25, 0.3) is 0 Å². The monoisotopic (exact) mass is 1370 g/mol. The smallest absolute Gasteiger partial charge is 0.163 e. The van der Waals surface area contributed by atoms with E-state index in [1.807, 2.05) is 76.2 Å². The van der Waals surface area contributed by atoms with Crippen LogP contribution in [0.5, 0.6) is 0 Å². The number of benzene rings is 3. The Balaban J connectivity index is 0.000000118. The molecule has 522 valence electrons. The summed E-state index contributed by atoms with van der Waals surface area (Å²) in [5.74, 6) is 0.302. The van der Waals surface area contributed by atoms with Crippen LogP contribution in [-0.2, 0) is 54.8 Å². The Kier molecular flexibility index (Phi) is 17.6. The Morgan fingerprint density at radius 2 is 0.667 bits per heavy atom. The lowest BCUT2D eigenvalue weighted by Gasteiger charge is -2.49. The highest BCUT2D eigenvalue weighted by atomic mass is 19.1. The van der Waals surface area contributed by atoms with Gasteiger partial charge in [-0.15, -0.1) is 0 Å². The third-order valence-electron chi connectivity index (χ3n) is 24.0. The van der Waals surface area contributed by atoms with E-state index in [9.17, 15) is 28.5 Å². The van der Waals surface area contributed by atoms with E-state index in [4.69, 9.17) is 15.0 Å². The first-order valence-electron chi connectivity index (χ1n) is 36.6. The number of hydrogen-bond donors (Lipinski definition) is 3. The average Bonchev–Trinajstić information content (AvgIpc) is 1.43. The summed E-state index contributed by atoms with van der Waals surface area (Å²) in [6.07, 6.45) is 30.2. The minimum Gasteiger partial charge on any atom is -0.390 e. The molecule has 15 nitrogen and oxygen atoms in total. The van der Waals surface area contributed by atoms with Gasteiger partial charge in [0.05, 0.1) is 52.5 Å². The maximum absolute atomic E-state index is 13.5. The van der Waals surface area contributed by atoms with Crippen LogP contribution >= 0.6 is 0 Å². The van der Waals surface area contributed by atoms with Gasteiger partial charge in [0.15, 0.2) is 16.9 Å². The zero-order valence-electron chi connectivity index (χ0n) is 58.2. The second kappa shape index (κ2) is 26.8. The van der Waals surface area contributed by atoms with Gasteiger partial charge in [0.2, 0.25) is 0 Å². The van der Waals surface area contributed by atoms with Gasteiger partial charge in [0.1, 0.15) is 17.5 Å². The van der Waals surface area contributed by atoms with Crippen LogP contribution in [0.15, 0.2) is 183 Å². The average molecular weight is 1370 g/mol. The molecule has 3 aromatic carbocycles. The van der Waals surface area contributed by atoms with Gasteiger partial charge in [-0.25, -0.2) is 42.2 Å². The maximum Gasteiger partial charge on any atom is 0.163 e. The van der Waals surface area contributed by atoms with Crippen molar-refractivity contribution < 1.29 is 28.5 Å². The van der Waals surface area contributed by atoms with Crippen molar-refractivity contribution in [2.75, 3.05) is 0 Å². The van der Waals surface area contributed by atoms with Crippen LogP contribution in [-0.4, -0.2) is 91.4 Å². The molecule has 0 amide bonds. The van der Waals surface area contributed by atoms with Crippen LogP contribution in [0.2, 0.25) is 0 Å². The van der Waals surface area contributed by atoms with E-state index < -0.39 is 16.8 Å². The number of hydrogen-bond acceptors (Lipinski definition) is 12. The number of aromatic nitrogens is 12. The predicted molar refractivity (Wildman–Crippen MR) is 388 cm³/mol. The molecule has 18 rings (SSSR count). The zero-order valence-corrected chi connectivity index (χ0v) is 58.2. The van der Waals surface area contributed by atoms with E-state index >= 15 is 0 Å². The van der Waals surface area contributed by atoms with E-state index in [0.29, 0.717) is 17.8 Å². The Labute approximate surface area is 592 Å². The molecule has 0 bridgehead atoms. The highest BCUT2D eigenvalue weighted by Crippen LogP contribution is 2.57. The first-order valence-corrected chi connectivity index (χ1v) is 36.6. The summed E-state index contributed by atoms with van der Waals surface area (Å²) in [6, 6.07) is 44.3. The fraction of sp³-hybridized carbons (Fsp3) is 0.393. The van der Waals surface area contributed by atoms with Crippen molar-refractivity contribution in [1.29, 1.82) is 0 Å². The zero-order chi connectivity index (χ0) is 70.0. The standard InChI is InChI=1S/3C28H29FN4O/c3*1-27(34)12-13-28(17-22-6-2-3-14-30-22)20(16-27)5-4-7-25-24(28)15-19-18-31-33(26(19)32-25)23-10-8-21(29)9-11-23/h3*2-3,6,8-11,14-15,18,20,34H,4-5,7,12-13,16-17H2,1H3/t3*20-,27+,28-/m100/s1. The molecule has 6 aliphatic carbocycles. The van der Waals surface area contributed by atoms with E-state index in [1.54, 1.807) is 50.4 Å². The second-order valence-corrected chi connectivity index (χ2v) is 31.1. The van der Waals surface area contributed by atoms with Gasteiger partial charge < -0.3 is 15.3 Å². The summed E-state index contributed by atoms with van der Waals surface area (Å²) in [5.41, 5.74) is 13.1. The molecule has 3 saturated carbocycles. The minimum atomic E-state index is -0.631. The van der Waals surface area contributed by atoms with Gasteiger partial charge in [-0.1, -0.05) is 18.2 Å². The van der Waals surface area contributed by atoms with E-state index in [1.165, 1.54) is 53.1 Å².